The van der Waals surface area contributed by atoms with Crippen LogP contribution in [0.4, 0.5) is 5.69 Å². The van der Waals surface area contributed by atoms with Crippen molar-refractivity contribution in [3.8, 4) is 11.5 Å². The van der Waals surface area contributed by atoms with Crippen molar-refractivity contribution >= 4 is 28.9 Å². The molecule has 0 saturated carbocycles. The fourth-order valence-corrected chi connectivity index (χ4v) is 2.34. The van der Waals surface area contributed by atoms with Crippen LogP contribution in [0.15, 0.2) is 84.9 Å². The highest BCUT2D eigenvalue weighted by atomic mass is 32.1. The molecule has 0 aliphatic heterocycles. The van der Waals surface area contributed by atoms with E-state index in [2.05, 4.69) is 16.2 Å². The van der Waals surface area contributed by atoms with Gasteiger partial charge in [-0.3, -0.25) is 15.6 Å². The second-order valence-corrected chi connectivity index (χ2v) is 5.75. The second-order valence-electron chi connectivity index (χ2n) is 5.34. The fourth-order valence-electron chi connectivity index (χ4n) is 2.17. The van der Waals surface area contributed by atoms with E-state index < -0.39 is 0 Å². The zero-order valence-corrected chi connectivity index (χ0v) is 14.6. The van der Waals surface area contributed by atoms with E-state index in [4.69, 9.17) is 17.0 Å². The highest BCUT2D eigenvalue weighted by Crippen LogP contribution is 2.21. The van der Waals surface area contributed by atoms with Crippen LogP contribution in [-0.4, -0.2) is 11.0 Å². The molecule has 6 heteroatoms. The molecule has 0 aromatic heterocycles. The Morgan fingerprint density at radius 3 is 1.96 bits per heavy atom. The van der Waals surface area contributed by atoms with Gasteiger partial charge < -0.3 is 10.1 Å². The molecule has 0 unspecified atom stereocenters. The molecule has 3 aromatic rings. The van der Waals surface area contributed by atoms with Gasteiger partial charge in [0.05, 0.1) is 0 Å². The number of carbonyl (C=O) groups is 1. The summed E-state index contributed by atoms with van der Waals surface area (Å²) < 4.78 is 5.70. The summed E-state index contributed by atoms with van der Waals surface area (Å²) in [5.41, 5.74) is 6.55. The van der Waals surface area contributed by atoms with E-state index in [0.717, 1.165) is 11.4 Å². The summed E-state index contributed by atoms with van der Waals surface area (Å²) in [5, 5.41) is 3.27. The van der Waals surface area contributed by atoms with Crippen LogP contribution in [0.5, 0.6) is 11.5 Å². The van der Waals surface area contributed by atoms with Crippen LogP contribution in [-0.2, 0) is 0 Å². The summed E-state index contributed by atoms with van der Waals surface area (Å²) in [5.74, 6) is 1.10. The number of hydrogen-bond acceptors (Lipinski definition) is 3. The van der Waals surface area contributed by atoms with E-state index in [-0.39, 0.29) is 5.91 Å². The molecule has 5 nitrogen and oxygen atoms in total. The van der Waals surface area contributed by atoms with E-state index in [1.807, 2.05) is 60.7 Å². The molecule has 3 rings (SSSR count). The Kier molecular flexibility index (Phi) is 5.80. The van der Waals surface area contributed by atoms with Crippen LogP contribution in [0.25, 0.3) is 0 Å². The van der Waals surface area contributed by atoms with Crippen molar-refractivity contribution in [2.45, 2.75) is 0 Å². The standard InChI is InChI=1S/C20H17N3O2S/c24-19(22-23-20(26)21-16-7-3-1-4-8-16)15-11-13-18(14-12-15)25-17-9-5-2-6-10-17/h1-14H,(H,22,24)(H2,21,23,26). The Morgan fingerprint density at radius 2 is 1.31 bits per heavy atom. The number of anilines is 1. The lowest BCUT2D eigenvalue weighted by atomic mass is 10.2. The van der Waals surface area contributed by atoms with Crippen LogP contribution < -0.4 is 20.9 Å². The van der Waals surface area contributed by atoms with Crippen molar-refractivity contribution in [3.63, 3.8) is 0 Å². The molecule has 0 atom stereocenters. The molecule has 0 aliphatic carbocycles. The Hall–Kier alpha value is -3.38. The molecule has 1 amide bonds. The molecule has 0 bridgehead atoms. The van der Waals surface area contributed by atoms with Crippen molar-refractivity contribution in [1.29, 1.82) is 0 Å². The van der Waals surface area contributed by atoms with Gasteiger partial charge in [0, 0.05) is 11.3 Å². The SMILES string of the molecule is O=C(NNC(=S)Nc1ccccc1)c1ccc(Oc2ccccc2)cc1. The van der Waals surface area contributed by atoms with Gasteiger partial charge in [0.1, 0.15) is 11.5 Å². The Balaban J connectivity index is 1.51. The van der Waals surface area contributed by atoms with E-state index in [1.165, 1.54) is 0 Å². The van der Waals surface area contributed by atoms with Crippen molar-refractivity contribution < 1.29 is 9.53 Å². The van der Waals surface area contributed by atoms with Gasteiger partial charge in [0.25, 0.3) is 5.91 Å². The van der Waals surface area contributed by atoms with Gasteiger partial charge in [-0.05, 0) is 60.7 Å². The van der Waals surface area contributed by atoms with E-state index in [9.17, 15) is 4.79 Å². The Labute approximate surface area is 157 Å². The Bertz CT molecular complexity index is 869. The summed E-state index contributed by atoms with van der Waals surface area (Å²) >= 11 is 5.14. The summed E-state index contributed by atoms with van der Waals surface area (Å²) in [4.78, 5) is 12.2. The predicted octanol–water partition coefficient (Wildman–Crippen LogP) is 4.11. The summed E-state index contributed by atoms with van der Waals surface area (Å²) in [7, 11) is 0. The lowest BCUT2D eigenvalue weighted by molar-refractivity contribution is 0.0944. The molecule has 0 saturated heterocycles. The maximum absolute atomic E-state index is 12.2. The number of rotatable bonds is 4. The minimum absolute atomic E-state index is 0.298. The normalized spacial score (nSPS) is 9.85. The quantitative estimate of drug-likeness (QED) is 0.481. The number of carbonyl (C=O) groups excluding carboxylic acids is 1. The predicted molar refractivity (Wildman–Crippen MR) is 106 cm³/mol. The molecule has 26 heavy (non-hydrogen) atoms. The van der Waals surface area contributed by atoms with Gasteiger partial charge in [-0.25, -0.2) is 0 Å². The van der Waals surface area contributed by atoms with Gasteiger partial charge in [0.15, 0.2) is 5.11 Å². The summed E-state index contributed by atoms with van der Waals surface area (Å²) in [6.07, 6.45) is 0. The van der Waals surface area contributed by atoms with Crippen LogP contribution in [0.3, 0.4) is 0 Å². The van der Waals surface area contributed by atoms with Gasteiger partial charge in [-0.1, -0.05) is 36.4 Å². The summed E-state index contributed by atoms with van der Waals surface area (Å²) in [6, 6.07) is 25.7. The summed E-state index contributed by atoms with van der Waals surface area (Å²) in [6.45, 7) is 0. The molecule has 0 aliphatic rings. The van der Waals surface area contributed by atoms with E-state index >= 15 is 0 Å². The first-order valence-corrected chi connectivity index (χ1v) is 8.37. The van der Waals surface area contributed by atoms with Crippen LogP contribution in [0.2, 0.25) is 0 Å². The molecule has 0 spiro atoms. The first-order valence-electron chi connectivity index (χ1n) is 7.96. The third kappa shape index (κ3) is 5.06. The van der Waals surface area contributed by atoms with Gasteiger partial charge in [0.2, 0.25) is 0 Å². The average Bonchev–Trinajstić information content (AvgIpc) is 2.68. The highest BCUT2D eigenvalue weighted by Gasteiger charge is 2.06. The third-order valence-corrected chi connectivity index (χ3v) is 3.62. The zero-order valence-electron chi connectivity index (χ0n) is 13.8. The number of benzene rings is 3. The third-order valence-electron chi connectivity index (χ3n) is 3.42. The van der Waals surface area contributed by atoms with Crippen molar-refractivity contribution in [2.75, 3.05) is 5.32 Å². The first kappa shape index (κ1) is 17.4. The molecule has 3 N–H and O–H groups in total. The fraction of sp³-hybridized carbons (Fsp3) is 0. The molecule has 0 radical (unpaired) electrons. The second kappa shape index (κ2) is 8.64. The maximum Gasteiger partial charge on any atom is 0.269 e. The van der Waals surface area contributed by atoms with E-state index in [0.29, 0.717) is 16.4 Å². The lowest BCUT2D eigenvalue weighted by Crippen LogP contribution is -2.43. The van der Waals surface area contributed by atoms with Gasteiger partial charge >= 0.3 is 0 Å². The smallest absolute Gasteiger partial charge is 0.269 e. The number of hydrogen-bond donors (Lipinski definition) is 3. The first-order chi connectivity index (χ1) is 12.7. The maximum atomic E-state index is 12.2. The number of nitrogens with one attached hydrogen (secondary N) is 3. The largest absolute Gasteiger partial charge is 0.457 e. The van der Waals surface area contributed by atoms with E-state index in [1.54, 1.807) is 24.3 Å². The van der Waals surface area contributed by atoms with Crippen molar-refractivity contribution in [1.82, 2.24) is 10.9 Å². The molecule has 0 fully saturated rings. The van der Waals surface area contributed by atoms with Crippen LogP contribution in [0, 0.1) is 0 Å². The zero-order chi connectivity index (χ0) is 18.2. The highest BCUT2D eigenvalue weighted by molar-refractivity contribution is 7.80. The number of thiocarbonyl (C=S) groups is 1. The number of ether oxygens (including phenoxy) is 1. The van der Waals surface area contributed by atoms with Gasteiger partial charge in [-0.2, -0.15) is 0 Å². The lowest BCUT2D eigenvalue weighted by Gasteiger charge is -2.12. The van der Waals surface area contributed by atoms with Crippen molar-refractivity contribution in [2.24, 2.45) is 0 Å². The minimum atomic E-state index is -0.298. The topological polar surface area (TPSA) is 62.4 Å². The van der Waals surface area contributed by atoms with Gasteiger partial charge in [-0.15, -0.1) is 0 Å². The van der Waals surface area contributed by atoms with Crippen LogP contribution in [0.1, 0.15) is 10.4 Å². The molecular weight excluding hydrogens is 346 g/mol. The number of para-hydroxylation sites is 2. The molecular formula is C20H17N3O2S. The molecule has 3 aromatic carbocycles. The number of hydrazine groups is 1. The monoisotopic (exact) mass is 363 g/mol. The van der Waals surface area contributed by atoms with Crippen LogP contribution >= 0.6 is 12.2 Å². The number of amides is 1. The van der Waals surface area contributed by atoms with Crippen molar-refractivity contribution in [3.05, 3.63) is 90.5 Å². The Morgan fingerprint density at radius 1 is 0.731 bits per heavy atom. The molecule has 0 heterocycles. The molecule has 130 valence electrons. The average molecular weight is 363 g/mol. The minimum Gasteiger partial charge on any atom is -0.457 e.